The lowest BCUT2D eigenvalue weighted by Gasteiger charge is -2.01. The molecule has 1 aliphatic heterocycles. The molecular formula is C7H12N2O2S. The molecule has 0 aromatic rings. The Labute approximate surface area is 75.4 Å². The molecule has 1 aliphatic rings. The molecule has 5 heteroatoms. The number of hydrazone groups is 1. The molecule has 1 rings (SSSR count). The third-order valence-electron chi connectivity index (χ3n) is 1.66. The fourth-order valence-corrected chi connectivity index (χ4v) is 2.00. The van der Waals surface area contributed by atoms with Crippen molar-refractivity contribution in [2.75, 3.05) is 12.4 Å². The largest absolute Gasteiger partial charge is 0.386 e. The number of nitrogens with one attached hydrogen (secondary N) is 1. The number of amides is 1. The minimum Gasteiger partial charge on any atom is -0.386 e. The predicted octanol–water partition coefficient (Wildman–Crippen LogP) is -0.0237. The van der Waals surface area contributed by atoms with E-state index in [0.717, 1.165) is 17.9 Å². The minimum atomic E-state index is -0.502. The van der Waals surface area contributed by atoms with Crippen LogP contribution in [-0.4, -0.2) is 34.3 Å². The molecule has 1 atom stereocenters. The van der Waals surface area contributed by atoms with Crippen LogP contribution in [0.4, 0.5) is 0 Å². The average molecular weight is 188 g/mol. The van der Waals surface area contributed by atoms with Crippen molar-refractivity contribution >= 4 is 23.4 Å². The molecule has 1 unspecified atom stereocenters. The quantitative estimate of drug-likeness (QED) is 0.598. The summed E-state index contributed by atoms with van der Waals surface area (Å²) in [6, 6.07) is 0. The Kier molecular flexibility index (Phi) is 3.55. The van der Waals surface area contributed by atoms with Gasteiger partial charge in [-0.3, -0.25) is 4.79 Å². The lowest BCUT2D eigenvalue weighted by Crippen LogP contribution is -2.23. The third-order valence-corrected chi connectivity index (χ3v) is 2.88. The molecule has 0 saturated carbocycles. The van der Waals surface area contributed by atoms with Crippen molar-refractivity contribution in [2.24, 2.45) is 5.10 Å². The first-order valence-electron chi connectivity index (χ1n) is 3.82. The Hall–Kier alpha value is -0.550. The van der Waals surface area contributed by atoms with Gasteiger partial charge < -0.3 is 5.11 Å². The van der Waals surface area contributed by atoms with Gasteiger partial charge in [0, 0.05) is 5.25 Å². The van der Waals surface area contributed by atoms with Crippen LogP contribution in [0.25, 0.3) is 0 Å². The Balaban J connectivity index is 2.40. The molecule has 0 aromatic heterocycles. The first-order chi connectivity index (χ1) is 5.74. The van der Waals surface area contributed by atoms with Crippen LogP contribution in [0.1, 0.15) is 13.3 Å². The van der Waals surface area contributed by atoms with E-state index < -0.39 is 12.5 Å². The SMILES string of the molecule is CC1SCC/C1=N\NC(=O)CO. The fourth-order valence-electron chi connectivity index (χ4n) is 0.956. The number of thioether (sulfide) groups is 1. The highest BCUT2D eigenvalue weighted by molar-refractivity contribution is 8.01. The first kappa shape index (κ1) is 9.54. The third kappa shape index (κ3) is 2.49. The van der Waals surface area contributed by atoms with E-state index in [9.17, 15) is 4.79 Å². The van der Waals surface area contributed by atoms with E-state index in [1.807, 2.05) is 11.8 Å². The number of carbonyl (C=O) groups is 1. The van der Waals surface area contributed by atoms with E-state index in [-0.39, 0.29) is 0 Å². The number of nitrogens with zero attached hydrogens (tertiary/aromatic N) is 1. The summed E-state index contributed by atoms with van der Waals surface area (Å²) in [4.78, 5) is 10.6. The molecule has 1 saturated heterocycles. The monoisotopic (exact) mass is 188 g/mol. The molecule has 0 spiro atoms. The Bertz CT molecular complexity index is 206. The van der Waals surface area contributed by atoms with Crippen molar-refractivity contribution in [1.29, 1.82) is 0 Å². The number of hydrogen-bond acceptors (Lipinski definition) is 4. The number of rotatable bonds is 2. The predicted molar refractivity (Wildman–Crippen MR) is 49.2 cm³/mol. The molecule has 2 N–H and O–H groups in total. The van der Waals surface area contributed by atoms with Crippen LogP contribution in [0, 0.1) is 0 Å². The molecule has 0 bridgehead atoms. The zero-order valence-electron chi connectivity index (χ0n) is 6.91. The van der Waals surface area contributed by atoms with Gasteiger partial charge in [0.15, 0.2) is 0 Å². The first-order valence-corrected chi connectivity index (χ1v) is 4.86. The van der Waals surface area contributed by atoms with Gasteiger partial charge in [0.1, 0.15) is 6.61 Å². The summed E-state index contributed by atoms with van der Waals surface area (Å²) in [7, 11) is 0. The topological polar surface area (TPSA) is 61.7 Å². The highest BCUT2D eigenvalue weighted by Gasteiger charge is 2.18. The molecule has 0 aliphatic carbocycles. The van der Waals surface area contributed by atoms with Crippen molar-refractivity contribution in [3.8, 4) is 0 Å². The second-order valence-corrected chi connectivity index (χ2v) is 4.01. The second kappa shape index (κ2) is 4.47. The van der Waals surface area contributed by atoms with E-state index in [4.69, 9.17) is 5.11 Å². The van der Waals surface area contributed by atoms with Gasteiger partial charge in [-0.25, -0.2) is 5.43 Å². The smallest absolute Gasteiger partial charge is 0.265 e. The maximum absolute atomic E-state index is 10.6. The molecule has 0 radical (unpaired) electrons. The van der Waals surface area contributed by atoms with Gasteiger partial charge in [-0.2, -0.15) is 16.9 Å². The van der Waals surface area contributed by atoms with Crippen LogP contribution in [-0.2, 0) is 4.79 Å². The van der Waals surface area contributed by atoms with Crippen LogP contribution >= 0.6 is 11.8 Å². The fraction of sp³-hybridized carbons (Fsp3) is 0.714. The molecule has 1 heterocycles. The van der Waals surface area contributed by atoms with E-state index >= 15 is 0 Å². The summed E-state index contributed by atoms with van der Waals surface area (Å²) >= 11 is 1.82. The van der Waals surface area contributed by atoms with Crippen molar-refractivity contribution in [1.82, 2.24) is 5.43 Å². The van der Waals surface area contributed by atoms with Crippen molar-refractivity contribution < 1.29 is 9.90 Å². The average Bonchev–Trinajstić information content (AvgIpc) is 2.47. The maximum Gasteiger partial charge on any atom is 0.265 e. The van der Waals surface area contributed by atoms with Crippen LogP contribution in [0.2, 0.25) is 0 Å². The van der Waals surface area contributed by atoms with Crippen LogP contribution in [0.3, 0.4) is 0 Å². The van der Waals surface area contributed by atoms with E-state index in [2.05, 4.69) is 17.5 Å². The highest BCUT2D eigenvalue weighted by atomic mass is 32.2. The molecule has 0 aromatic carbocycles. The lowest BCUT2D eigenvalue weighted by molar-refractivity contribution is -0.123. The van der Waals surface area contributed by atoms with Crippen molar-refractivity contribution in [3.63, 3.8) is 0 Å². The second-order valence-electron chi connectivity index (χ2n) is 2.56. The molecule has 1 fully saturated rings. The van der Waals surface area contributed by atoms with Crippen LogP contribution < -0.4 is 5.43 Å². The molecular weight excluding hydrogens is 176 g/mol. The number of aliphatic hydroxyl groups is 1. The summed E-state index contributed by atoms with van der Waals surface area (Å²) in [5.74, 6) is 0.612. The zero-order chi connectivity index (χ0) is 8.97. The van der Waals surface area contributed by atoms with Gasteiger partial charge in [-0.05, 0) is 19.1 Å². The minimum absolute atomic E-state index is 0.393. The van der Waals surface area contributed by atoms with Crippen molar-refractivity contribution in [3.05, 3.63) is 0 Å². The summed E-state index contributed by atoms with van der Waals surface area (Å²) in [6.45, 7) is 1.56. The number of carbonyl (C=O) groups excluding carboxylic acids is 1. The molecule has 12 heavy (non-hydrogen) atoms. The molecule has 4 nitrogen and oxygen atoms in total. The van der Waals surface area contributed by atoms with E-state index in [1.165, 1.54) is 0 Å². The summed E-state index contributed by atoms with van der Waals surface area (Å²) in [5.41, 5.74) is 3.29. The maximum atomic E-state index is 10.6. The Morgan fingerprint density at radius 3 is 3.17 bits per heavy atom. The summed E-state index contributed by atoms with van der Waals surface area (Å²) < 4.78 is 0. The normalized spacial score (nSPS) is 26.2. The van der Waals surface area contributed by atoms with Crippen LogP contribution in [0.5, 0.6) is 0 Å². The van der Waals surface area contributed by atoms with E-state index in [1.54, 1.807) is 0 Å². The Morgan fingerprint density at radius 2 is 2.67 bits per heavy atom. The van der Waals surface area contributed by atoms with Gasteiger partial charge in [0.25, 0.3) is 5.91 Å². The summed E-state index contributed by atoms with van der Waals surface area (Å²) in [6.07, 6.45) is 0.928. The molecule has 1 amide bonds. The lowest BCUT2D eigenvalue weighted by atomic mass is 10.2. The zero-order valence-corrected chi connectivity index (χ0v) is 7.73. The Morgan fingerprint density at radius 1 is 1.92 bits per heavy atom. The van der Waals surface area contributed by atoms with Crippen molar-refractivity contribution in [2.45, 2.75) is 18.6 Å². The number of hydrogen-bond donors (Lipinski definition) is 2. The van der Waals surface area contributed by atoms with Gasteiger partial charge in [-0.1, -0.05) is 0 Å². The van der Waals surface area contributed by atoms with Gasteiger partial charge >= 0.3 is 0 Å². The van der Waals surface area contributed by atoms with Gasteiger partial charge in [0.2, 0.25) is 0 Å². The summed E-state index contributed by atoms with van der Waals surface area (Å²) in [5, 5.41) is 12.7. The van der Waals surface area contributed by atoms with E-state index in [0.29, 0.717) is 5.25 Å². The van der Waals surface area contributed by atoms with Crippen LogP contribution in [0.15, 0.2) is 5.10 Å². The number of aliphatic hydroxyl groups excluding tert-OH is 1. The van der Waals surface area contributed by atoms with Gasteiger partial charge in [0.05, 0.1) is 5.71 Å². The molecule has 68 valence electrons. The highest BCUT2D eigenvalue weighted by Crippen LogP contribution is 2.22. The van der Waals surface area contributed by atoms with Gasteiger partial charge in [-0.15, -0.1) is 0 Å². The standard InChI is InChI=1S/C7H12N2O2S/c1-5-6(2-3-12-5)8-9-7(11)4-10/h5,10H,2-4H2,1H3,(H,9,11)/b8-6+.